The smallest absolute Gasteiger partial charge is 0.309 e. The quantitative estimate of drug-likeness (QED) is 0.388. The lowest BCUT2D eigenvalue weighted by Crippen LogP contribution is -2.15. The number of carbonyl (C=O) groups excluding carboxylic acids is 1. The fraction of sp³-hybridized carbons (Fsp3) is 0.800. The van der Waals surface area contributed by atoms with E-state index in [0.717, 1.165) is 0 Å². The van der Waals surface area contributed by atoms with Crippen molar-refractivity contribution < 1.29 is 19.7 Å². The van der Waals surface area contributed by atoms with Crippen LogP contribution in [0.25, 0.3) is 0 Å². The van der Waals surface area contributed by atoms with Gasteiger partial charge in [0.15, 0.2) is 6.10 Å². The second kappa shape index (κ2) is 1.12. The van der Waals surface area contributed by atoms with E-state index in [0.29, 0.717) is 0 Å². The molecule has 4 nitrogen and oxygen atoms in total. The van der Waals surface area contributed by atoms with Crippen LogP contribution >= 0.6 is 0 Å². The average Bonchev–Trinajstić information content (AvgIpc) is 2.23. The number of ether oxygens (including phenoxy) is 1. The van der Waals surface area contributed by atoms with Gasteiger partial charge in [-0.25, -0.2) is 0 Å². The van der Waals surface area contributed by atoms with Crippen molar-refractivity contribution in [1.82, 2.24) is 0 Å². The summed E-state index contributed by atoms with van der Waals surface area (Å²) < 4.78 is 4.51. The molecule has 0 spiro atoms. The van der Waals surface area contributed by atoms with Gasteiger partial charge in [-0.05, 0) is 0 Å². The molecule has 50 valence electrons. The van der Waals surface area contributed by atoms with Crippen LogP contribution in [-0.2, 0) is 9.53 Å². The standard InChI is InChI=1S/C5H6O4/c6-2-1-5(8)3(7)4(5)9-2/h3-4,7-8H,1H2/t3?,4-,5-/m1/s1. The van der Waals surface area contributed by atoms with Gasteiger partial charge in [-0.2, -0.15) is 0 Å². The number of hydrogen-bond donors (Lipinski definition) is 2. The summed E-state index contributed by atoms with van der Waals surface area (Å²) in [5.41, 5.74) is -1.23. The van der Waals surface area contributed by atoms with Gasteiger partial charge >= 0.3 is 5.97 Å². The van der Waals surface area contributed by atoms with Crippen LogP contribution in [0.15, 0.2) is 0 Å². The number of esters is 1. The minimum atomic E-state index is -1.23. The Hall–Kier alpha value is -0.610. The zero-order chi connectivity index (χ0) is 6.65. The minimum Gasteiger partial charge on any atom is -0.456 e. The molecule has 0 bridgehead atoms. The first-order chi connectivity index (χ1) is 4.14. The maximum Gasteiger partial charge on any atom is 0.309 e. The maximum atomic E-state index is 10.3. The molecule has 2 N–H and O–H groups in total. The van der Waals surface area contributed by atoms with Crippen LogP contribution in [0.1, 0.15) is 6.42 Å². The predicted octanol–water partition coefficient (Wildman–Crippen LogP) is -1.59. The Bertz CT molecular complexity index is 178. The average molecular weight is 130 g/mol. The third-order valence-corrected chi connectivity index (χ3v) is 1.87. The number of carbonyl (C=O) groups is 1. The van der Waals surface area contributed by atoms with Crippen molar-refractivity contribution in [1.29, 1.82) is 0 Å². The van der Waals surface area contributed by atoms with Crippen LogP contribution in [0.5, 0.6) is 0 Å². The van der Waals surface area contributed by atoms with Gasteiger partial charge in [0, 0.05) is 0 Å². The van der Waals surface area contributed by atoms with Crippen molar-refractivity contribution in [3.63, 3.8) is 0 Å². The number of rotatable bonds is 0. The Kier molecular flexibility index (Phi) is 0.649. The van der Waals surface area contributed by atoms with Gasteiger partial charge in [-0.3, -0.25) is 4.79 Å². The fourth-order valence-corrected chi connectivity index (χ4v) is 1.16. The first-order valence-corrected chi connectivity index (χ1v) is 2.74. The van der Waals surface area contributed by atoms with Gasteiger partial charge in [-0.15, -0.1) is 0 Å². The Morgan fingerprint density at radius 1 is 1.78 bits per heavy atom. The number of hydrogen-bond acceptors (Lipinski definition) is 4. The van der Waals surface area contributed by atoms with Crippen LogP contribution in [-0.4, -0.2) is 34.0 Å². The van der Waals surface area contributed by atoms with Crippen LogP contribution in [0.2, 0.25) is 0 Å². The summed E-state index contributed by atoms with van der Waals surface area (Å²) in [6.07, 6.45) is -1.53. The van der Waals surface area contributed by atoms with Crippen molar-refractivity contribution >= 4 is 5.97 Å². The normalized spacial score (nSPS) is 54.7. The van der Waals surface area contributed by atoms with Crippen LogP contribution in [0.3, 0.4) is 0 Å². The first-order valence-electron chi connectivity index (χ1n) is 2.74. The molecule has 1 saturated heterocycles. The molecule has 0 aromatic carbocycles. The lowest BCUT2D eigenvalue weighted by molar-refractivity contribution is -0.142. The molecule has 3 atom stereocenters. The molecular weight excluding hydrogens is 124 g/mol. The van der Waals surface area contributed by atoms with Gasteiger partial charge in [-0.1, -0.05) is 0 Å². The zero-order valence-electron chi connectivity index (χ0n) is 4.57. The predicted molar refractivity (Wildman–Crippen MR) is 25.5 cm³/mol. The Morgan fingerprint density at radius 3 is 2.78 bits per heavy atom. The summed E-state index contributed by atoms with van der Waals surface area (Å²) in [7, 11) is 0. The Balaban J connectivity index is 2.20. The van der Waals surface area contributed by atoms with E-state index in [1.807, 2.05) is 0 Å². The monoisotopic (exact) mass is 130 g/mol. The highest BCUT2D eigenvalue weighted by atomic mass is 16.6. The van der Waals surface area contributed by atoms with E-state index < -0.39 is 23.8 Å². The largest absolute Gasteiger partial charge is 0.456 e. The highest BCUT2D eigenvalue weighted by Crippen LogP contribution is 2.47. The summed E-state index contributed by atoms with van der Waals surface area (Å²) >= 11 is 0. The molecule has 4 heteroatoms. The molecule has 2 aliphatic rings. The zero-order valence-corrected chi connectivity index (χ0v) is 4.57. The molecule has 0 aromatic heterocycles. The van der Waals surface area contributed by atoms with Crippen molar-refractivity contribution in [3.8, 4) is 0 Å². The van der Waals surface area contributed by atoms with E-state index in [1.54, 1.807) is 0 Å². The third-order valence-electron chi connectivity index (χ3n) is 1.87. The Morgan fingerprint density at radius 2 is 2.44 bits per heavy atom. The molecule has 0 amide bonds. The fourth-order valence-electron chi connectivity index (χ4n) is 1.16. The van der Waals surface area contributed by atoms with Gasteiger partial charge < -0.3 is 14.9 Å². The van der Waals surface area contributed by atoms with Crippen molar-refractivity contribution in [2.24, 2.45) is 0 Å². The molecule has 1 heterocycles. The third kappa shape index (κ3) is 0.428. The summed E-state index contributed by atoms with van der Waals surface area (Å²) in [6.45, 7) is 0. The van der Waals surface area contributed by atoms with Crippen LogP contribution in [0.4, 0.5) is 0 Å². The van der Waals surface area contributed by atoms with Crippen LogP contribution < -0.4 is 0 Å². The lowest BCUT2D eigenvalue weighted by Gasteiger charge is -1.97. The van der Waals surface area contributed by atoms with E-state index in [4.69, 9.17) is 10.2 Å². The minimum absolute atomic E-state index is 0.0567. The highest BCUT2D eigenvalue weighted by Gasteiger charge is 2.72. The first kappa shape index (κ1) is 5.20. The molecule has 2 rings (SSSR count). The molecule has 0 radical (unpaired) electrons. The molecule has 1 aliphatic heterocycles. The lowest BCUT2D eigenvalue weighted by atomic mass is 10.2. The summed E-state index contributed by atoms with van der Waals surface area (Å²) in [5.74, 6) is -0.423. The number of aliphatic hydroxyl groups is 2. The molecule has 1 aliphatic carbocycles. The molecule has 1 unspecified atom stereocenters. The van der Waals surface area contributed by atoms with Gasteiger partial charge in [0.05, 0.1) is 6.42 Å². The van der Waals surface area contributed by atoms with E-state index in [1.165, 1.54) is 0 Å². The van der Waals surface area contributed by atoms with E-state index in [9.17, 15) is 4.79 Å². The molecule has 2 fully saturated rings. The highest BCUT2D eigenvalue weighted by molar-refractivity contribution is 5.76. The van der Waals surface area contributed by atoms with Crippen molar-refractivity contribution in [2.75, 3.05) is 0 Å². The molecule has 9 heavy (non-hydrogen) atoms. The summed E-state index contributed by atoms with van der Waals surface area (Å²) in [6, 6.07) is 0. The SMILES string of the molecule is O=C1C[C@@]2(O)C(O)[C@H]2O1. The van der Waals surface area contributed by atoms with Crippen LogP contribution in [0, 0.1) is 0 Å². The van der Waals surface area contributed by atoms with Gasteiger partial charge in [0.2, 0.25) is 0 Å². The van der Waals surface area contributed by atoms with Gasteiger partial charge in [0.1, 0.15) is 11.7 Å². The topological polar surface area (TPSA) is 66.8 Å². The second-order valence-electron chi connectivity index (χ2n) is 2.52. The van der Waals surface area contributed by atoms with Crippen molar-refractivity contribution in [3.05, 3.63) is 0 Å². The second-order valence-corrected chi connectivity index (χ2v) is 2.52. The summed E-state index contributed by atoms with van der Waals surface area (Å²) in [5, 5.41) is 17.9. The number of fused-ring (bicyclic) bond motifs is 1. The molecule has 0 aromatic rings. The number of aliphatic hydroxyl groups excluding tert-OH is 1. The maximum absolute atomic E-state index is 10.3. The molecule has 1 saturated carbocycles. The van der Waals surface area contributed by atoms with E-state index in [2.05, 4.69) is 4.74 Å². The van der Waals surface area contributed by atoms with Crippen molar-refractivity contribution in [2.45, 2.75) is 24.2 Å². The molecular formula is C5H6O4. The summed E-state index contributed by atoms with van der Waals surface area (Å²) in [4.78, 5) is 10.3. The van der Waals surface area contributed by atoms with E-state index >= 15 is 0 Å². The van der Waals surface area contributed by atoms with Gasteiger partial charge in [0.25, 0.3) is 0 Å². The Labute approximate surface area is 51.1 Å². The van der Waals surface area contributed by atoms with E-state index in [-0.39, 0.29) is 6.42 Å².